The molecule has 9 aromatic rings. The van der Waals surface area contributed by atoms with Crippen LogP contribution in [0.2, 0.25) is 0 Å². The van der Waals surface area contributed by atoms with Gasteiger partial charge >= 0.3 is 219 Å². The van der Waals surface area contributed by atoms with Gasteiger partial charge in [0.15, 0.2) is 0 Å². The van der Waals surface area contributed by atoms with Gasteiger partial charge in [-0.3, -0.25) is 4.79 Å². The Hall–Kier alpha value is -4.16. The van der Waals surface area contributed by atoms with Crippen LogP contribution in [0.25, 0.3) is 40.3 Å². The van der Waals surface area contributed by atoms with Crippen LogP contribution >= 0.6 is 60.5 Å². The first-order valence-electron chi connectivity index (χ1n) is 18.8. The summed E-state index contributed by atoms with van der Waals surface area (Å²) in [5.74, 6) is -0.105. The van der Waals surface area contributed by atoms with Crippen molar-refractivity contribution >= 4 is 123 Å². The largest absolute Gasteiger partial charge is 0.461 e. The predicted octanol–water partition coefficient (Wildman–Crippen LogP) is 14.3. The normalized spacial score (nSPS) is 12.1. The topological polar surface area (TPSA) is 26.3 Å². The minimum absolute atomic E-state index is 0. The molecule has 2 nitrogen and oxygen atoms in total. The number of unbranched alkanes of at least 4 members (excludes halogenated alkanes) is 1. The van der Waals surface area contributed by atoms with Crippen molar-refractivity contribution in [3.63, 3.8) is 0 Å². The molecule has 2 heterocycles. The summed E-state index contributed by atoms with van der Waals surface area (Å²) in [6.45, 7) is 2.44. The van der Waals surface area contributed by atoms with Crippen LogP contribution in [0.3, 0.4) is 0 Å². The molecule has 0 saturated carbocycles. The van der Waals surface area contributed by atoms with E-state index in [0.29, 0.717) is 13.0 Å². The van der Waals surface area contributed by atoms with Gasteiger partial charge in [0.2, 0.25) is 0 Å². The first-order valence-corrected chi connectivity index (χ1v) is 24.9. The molecule has 0 aliphatic carbocycles. The van der Waals surface area contributed by atoms with Crippen molar-refractivity contribution in [3.05, 3.63) is 187 Å². The van der Waals surface area contributed by atoms with Gasteiger partial charge in [-0.2, -0.15) is 0 Å². The van der Waals surface area contributed by atoms with Crippen LogP contribution < -0.4 is 15.9 Å². The van der Waals surface area contributed by atoms with E-state index in [1.165, 1.54) is 61.8 Å². The molecule has 7 aromatic carbocycles. The molecule has 2 aromatic heterocycles. The van der Waals surface area contributed by atoms with Crippen molar-refractivity contribution in [1.29, 1.82) is 0 Å². The van der Waals surface area contributed by atoms with Crippen LogP contribution in [0.15, 0.2) is 176 Å². The van der Waals surface area contributed by atoms with E-state index < -0.39 is 5.31 Å². The second-order valence-electron chi connectivity index (χ2n) is 14.0. The summed E-state index contributed by atoms with van der Waals surface area (Å²) < 4.78 is 10.6. The Kier molecular flexibility index (Phi) is 12.5. The molecular weight excluding hydrogens is 875 g/mol. The summed E-state index contributed by atoms with van der Waals surface area (Å²) in [4.78, 5) is 11.6. The van der Waals surface area contributed by atoms with E-state index in [9.17, 15) is 4.79 Å². The number of esters is 1. The molecule has 0 saturated heterocycles. The third-order valence-electron chi connectivity index (χ3n) is 10.4. The molecule has 0 amide bonds. The van der Waals surface area contributed by atoms with Gasteiger partial charge in [-0.1, -0.05) is 37.6 Å². The molecular formula is C49H43Br2O2PS2. The molecule has 0 N–H and O–H groups in total. The van der Waals surface area contributed by atoms with Gasteiger partial charge in [0, 0.05) is 26.6 Å². The maximum Gasteiger partial charge on any atom is 0.306 e. The molecule has 0 fully saturated rings. The van der Waals surface area contributed by atoms with E-state index in [-0.39, 0.29) is 23.0 Å². The van der Waals surface area contributed by atoms with Crippen LogP contribution in [0.1, 0.15) is 37.3 Å². The summed E-state index contributed by atoms with van der Waals surface area (Å²) in [7, 11) is 0. The number of halogens is 2. The third-order valence-corrected chi connectivity index (χ3v) is 22.2. The Morgan fingerprint density at radius 1 is 0.536 bits per heavy atom. The number of thiophene rings is 2. The SMILES string of the molecule is Br.BrP(Cc1ccc2sc3ccccc3c2c1)(c1ccccc1)(c1ccccc1)c1ccccc1.CCCCC(=O)OCc1ccc2sc3ccccc3c2c1. The zero-order chi connectivity index (χ0) is 37.7. The molecule has 0 spiro atoms. The zero-order valence-electron chi connectivity index (χ0n) is 31.1. The van der Waals surface area contributed by atoms with Crippen molar-refractivity contribution in [2.75, 3.05) is 0 Å². The number of hydrogen-bond acceptors (Lipinski definition) is 4. The Balaban J connectivity index is 0.000000188. The smallest absolute Gasteiger partial charge is 0.306 e. The Bertz CT molecular complexity index is 2630. The third kappa shape index (κ3) is 7.88. The first kappa shape index (κ1) is 40.1. The second kappa shape index (κ2) is 17.5. The molecule has 0 atom stereocenters. The van der Waals surface area contributed by atoms with Gasteiger partial charge in [0.1, 0.15) is 6.61 Å². The average molecular weight is 919 g/mol. The van der Waals surface area contributed by atoms with Crippen molar-refractivity contribution in [2.45, 2.75) is 39.0 Å². The Morgan fingerprint density at radius 3 is 1.43 bits per heavy atom. The van der Waals surface area contributed by atoms with E-state index in [2.05, 4.69) is 192 Å². The Morgan fingerprint density at radius 2 is 0.946 bits per heavy atom. The van der Waals surface area contributed by atoms with Crippen molar-refractivity contribution in [1.82, 2.24) is 0 Å². The standard InChI is InChI=1S/C31H24BrPS.C18H18O2S.BrH/c32-33(25-12-4-1-5-13-25,26-14-6-2-7-15-26,27-16-8-3-9-17-27)23-24-20-21-31-29(22-24)28-18-10-11-19-30(28)34-31;1-2-3-8-18(19)20-12-13-9-10-17-15(11-13)14-6-4-5-7-16(14)21-17;/h1-22H,23H2;4-7,9-11H,2-3,8,12H2,1H3;1H. The van der Waals surface area contributed by atoms with Gasteiger partial charge < -0.3 is 4.74 Å². The zero-order valence-corrected chi connectivity index (χ0v) is 37.0. The van der Waals surface area contributed by atoms with Crippen LogP contribution in [-0.2, 0) is 22.3 Å². The van der Waals surface area contributed by atoms with E-state index in [1.807, 2.05) is 17.4 Å². The molecule has 56 heavy (non-hydrogen) atoms. The summed E-state index contributed by atoms with van der Waals surface area (Å²) in [5, 5.41) is 6.26. The van der Waals surface area contributed by atoms with Gasteiger partial charge in [-0.15, -0.1) is 28.3 Å². The van der Waals surface area contributed by atoms with Gasteiger partial charge in [0.25, 0.3) is 0 Å². The van der Waals surface area contributed by atoms with E-state index in [4.69, 9.17) is 4.74 Å². The number of ether oxygens (including phenoxy) is 1. The molecule has 0 unspecified atom stereocenters. The molecule has 0 bridgehead atoms. The van der Waals surface area contributed by atoms with Crippen molar-refractivity contribution in [2.24, 2.45) is 0 Å². The maximum absolute atomic E-state index is 11.6. The molecule has 9 rings (SSSR count). The van der Waals surface area contributed by atoms with Gasteiger partial charge in [0.05, 0.1) is 0 Å². The fraction of sp³-hybridized carbons (Fsp3) is 0.122. The minimum atomic E-state index is -3.00. The Labute approximate surface area is 355 Å². The number of carbonyl (C=O) groups is 1. The van der Waals surface area contributed by atoms with Gasteiger partial charge in [-0.05, 0) is 30.2 Å². The average Bonchev–Trinajstić information content (AvgIpc) is 3.81. The predicted molar refractivity (Wildman–Crippen MR) is 256 cm³/mol. The molecule has 7 heteroatoms. The number of carbonyl (C=O) groups excluding carboxylic acids is 1. The van der Waals surface area contributed by atoms with E-state index in [1.54, 1.807) is 11.3 Å². The first-order chi connectivity index (χ1) is 26.9. The maximum atomic E-state index is 11.6. The van der Waals surface area contributed by atoms with Crippen LogP contribution in [0, 0.1) is 0 Å². The van der Waals surface area contributed by atoms with Crippen molar-refractivity contribution < 1.29 is 9.53 Å². The van der Waals surface area contributed by atoms with E-state index in [0.717, 1.165) is 24.6 Å². The van der Waals surface area contributed by atoms with Crippen LogP contribution in [-0.4, -0.2) is 5.97 Å². The number of fused-ring (bicyclic) bond motifs is 6. The number of rotatable bonds is 10. The quantitative estimate of drug-likeness (QED) is 0.101. The summed E-state index contributed by atoms with van der Waals surface area (Å²) in [5.41, 5.74) is 2.40. The summed E-state index contributed by atoms with van der Waals surface area (Å²) >= 11 is 8.27. The van der Waals surface area contributed by atoms with Crippen molar-refractivity contribution in [3.8, 4) is 0 Å². The fourth-order valence-corrected chi connectivity index (χ4v) is 17.4. The molecule has 0 radical (unpaired) electrons. The summed E-state index contributed by atoms with van der Waals surface area (Å²) in [6.07, 6.45) is 3.33. The second-order valence-corrected chi connectivity index (χ2v) is 25.1. The molecule has 0 aliphatic rings. The monoisotopic (exact) mass is 916 g/mol. The van der Waals surface area contributed by atoms with Gasteiger partial charge in [-0.25, -0.2) is 0 Å². The summed E-state index contributed by atoms with van der Waals surface area (Å²) in [6, 6.07) is 63.6. The molecule has 0 aliphatic heterocycles. The number of benzene rings is 7. The van der Waals surface area contributed by atoms with Crippen LogP contribution in [0.4, 0.5) is 0 Å². The minimum Gasteiger partial charge on any atom is -0.461 e. The fourth-order valence-electron chi connectivity index (χ4n) is 7.57. The van der Waals surface area contributed by atoms with Crippen LogP contribution in [0.5, 0.6) is 0 Å². The number of hydrogen-bond donors (Lipinski definition) is 0. The molecule has 282 valence electrons. The van der Waals surface area contributed by atoms with E-state index >= 15 is 0 Å².